The van der Waals surface area contributed by atoms with Crippen molar-refractivity contribution < 1.29 is 18.0 Å². The summed E-state index contributed by atoms with van der Waals surface area (Å²) in [6, 6.07) is 3.98. The van der Waals surface area contributed by atoms with Crippen LogP contribution in [-0.4, -0.2) is 42.5 Å². The Morgan fingerprint density at radius 1 is 1.50 bits per heavy atom. The fourth-order valence-corrected chi connectivity index (χ4v) is 4.67. The van der Waals surface area contributed by atoms with Crippen LogP contribution >= 0.6 is 23.5 Å². The van der Waals surface area contributed by atoms with Crippen molar-refractivity contribution in [2.24, 2.45) is 5.41 Å². The third kappa shape index (κ3) is 2.60. The molecule has 1 spiro atoms. The standard InChI is InChI=1S/C15H15ClF3N3OS/c16-9-2-1-8(15(17,18)19)3-10(9)24-21-6-13(23)22-7-14-4-11(14)20-5-12(14)22/h1-3,11-12,20-21H,4-7H2. The topological polar surface area (TPSA) is 44.4 Å². The Hall–Kier alpha value is -0.960. The van der Waals surface area contributed by atoms with E-state index in [1.54, 1.807) is 0 Å². The highest BCUT2D eigenvalue weighted by molar-refractivity contribution is 7.97. The van der Waals surface area contributed by atoms with Gasteiger partial charge in [-0.05, 0) is 36.6 Å². The fraction of sp³-hybridized carbons (Fsp3) is 0.533. The molecule has 2 saturated heterocycles. The molecule has 1 saturated carbocycles. The molecule has 1 amide bonds. The van der Waals surface area contributed by atoms with Crippen LogP contribution < -0.4 is 10.0 Å². The minimum Gasteiger partial charge on any atom is -0.336 e. The number of halogens is 4. The number of hydrogen-bond acceptors (Lipinski definition) is 4. The second-order valence-electron chi connectivity index (χ2n) is 6.50. The molecular formula is C15H15ClF3N3OS. The first-order valence-electron chi connectivity index (χ1n) is 7.60. The number of likely N-dealkylation sites (tertiary alicyclic amines) is 1. The Morgan fingerprint density at radius 3 is 2.96 bits per heavy atom. The summed E-state index contributed by atoms with van der Waals surface area (Å²) < 4.78 is 41.0. The predicted octanol–water partition coefficient (Wildman–Crippen LogP) is 2.53. The van der Waals surface area contributed by atoms with Crippen molar-refractivity contribution in [2.75, 3.05) is 19.6 Å². The maximum absolute atomic E-state index is 12.7. The summed E-state index contributed by atoms with van der Waals surface area (Å²) >= 11 is 6.87. The van der Waals surface area contributed by atoms with E-state index < -0.39 is 11.7 Å². The van der Waals surface area contributed by atoms with E-state index in [0.717, 1.165) is 43.6 Å². The van der Waals surface area contributed by atoms with Gasteiger partial charge in [0.15, 0.2) is 0 Å². The van der Waals surface area contributed by atoms with Gasteiger partial charge in [0.05, 0.1) is 23.2 Å². The number of rotatable bonds is 4. The first-order valence-corrected chi connectivity index (χ1v) is 8.80. The van der Waals surface area contributed by atoms with E-state index in [4.69, 9.17) is 11.6 Å². The highest BCUT2D eigenvalue weighted by Crippen LogP contribution is 2.60. The molecule has 0 radical (unpaired) electrons. The molecule has 3 unspecified atom stereocenters. The summed E-state index contributed by atoms with van der Waals surface area (Å²) in [6.45, 7) is 1.68. The lowest BCUT2D eigenvalue weighted by atomic mass is 9.86. The largest absolute Gasteiger partial charge is 0.416 e. The zero-order chi connectivity index (χ0) is 17.1. The molecule has 24 heavy (non-hydrogen) atoms. The number of nitrogens with one attached hydrogen (secondary N) is 2. The van der Waals surface area contributed by atoms with Crippen LogP contribution in [0.15, 0.2) is 23.1 Å². The smallest absolute Gasteiger partial charge is 0.336 e. The monoisotopic (exact) mass is 377 g/mol. The Balaban J connectivity index is 1.32. The maximum atomic E-state index is 12.7. The van der Waals surface area contributed by atoms with E-state index in [2.05, 4.69) is 10.0 Å². The van der Waals surface area contributed by atoms with Gasteiger partial charge in [0, 0.05) is 29.4 Å². The van der Waals surface area contributed by atoms with E-state index in [-0.39, 0.29) is 28.4 Å². The van der Waals surface area contributed by atoms with Crippen molar-refractivity contribution in [2.45, 2.75) is 29.6 Å². The Labute approximate surface area is 146 Å². The number of amides is 1. The first kappa shape index (κ1) is 16.5. The van der Waals surface area contributed by atoms with Gasteiger partial charge >= 0.3 is 6.18 Å². The zero-order valence-corrected chi connectivity index (χ0v) is 14.1. The van der Waals surface area contributed by atoms with Crippen LogP contribution in [-0.2, 0) is 11.0 Å². The van der Waals surface area contributed by atoms with Gasteiger partial charge in [-0.3, -0.25) is 9.52 Å². The van der Waals surface area contributed by atoms with Crippen LogP contribution in [0, 0.1) is 5.41 Å². The second kappa shape index (κ2) is 5.52. The normalized spacial score (nSPS) is 30.6. The average Bonchev–Trinajstić information content (AvgIpc) is 3.16. The molecule has 4 rings (SSSR count). The average molecular weight is 378 g/mol. The van der Waals surface area contributed by atoms with Gasteiger partial charge in [-0.25, -0.2) is 0 Å². The summed E-state index contributed by atoms with van der Waals surface area (Å²) in [5.41, 5.74) is -0.448. The number of benzene rings is 1. The first-order chi connectivity index (χ1) is 11.3. The Bertz CT molecular complexity index is 699. The lowest BCUT2D eigenvalue weighted by Gasteiger charge is -2.46. The lowest BCUT2D eigenvalue weighted by Crippen LogP contribution is -2.62. The highest BCUT2D eigenvalue weighted by Gasteiger charge is 2.72. The summed E-state index contributed by atoms with van der Waals surface area (Å²) in [6.07, 6.45) is -3.28. The molecule has 3 fully saturated rings. The lowest BCUT2D eigenvalue weighted by molar-refractivity contribution is -0.142. The van der Waals surface area contributed by atoms with Gasteiger partial charge < -0.3 is 10.2 Å². The van der Waals surface area contributed by atoms with Crippen LogP contribution in [0.5, 0.6) is 0 Å². The molecule has 0 bridgehead atoms. The maximum Gasteiger partial charge on any atom is 0.416 e. The number of carbonyl (C=O) groups excluding carboxylic acids is 1. The molecule has 0 aromatic heterocycles. The van der Waals surface area contributed by atoms with Crippen LogP contribution in [0.2, 0.25) is 5.02 Å². The van der Waals surface area contributed by atoms with Crippen molar-refractivity contribution in [3.63, 3.8) is 0 Å². The van der Waals surface area contributed by atoms with E-state index in [1.807, 2.05) is 4.90 Å². The summed E-state index contributed by atoms with van der Waals surface area (Å²) in [5, 5.41) is 3.62. The molecule has 2 N–H and O–H groups in total. The van der Waals surface area contributed by atoms with E-state index in [0.29, 0.717) is 11.5 Å². The van der Waals surface area contributed by atoms with Crippen molar-refractivity contribution in [3.8, 4) is 0 Å². The number of carbonyl (C=O) groups is 1. The van der Waals surface area contributed by atoms with Gasteiger partial charge in [-0.1, -0.05) is 11.6 Å². The number of hydrogen-bond donors (Lipinski definition) is 2. The molecule has 130 valence electrons. The van der Waals surface area contributed by atoms with E-state index in [1.165, 1.54) is 6.07 Å². The highest BCUT2D eigenvalue weighted by atomic mass is 35.5. The Morgan fingerprint density at radius 2 is 2.29 bits per heavy atom. The number of alkyl halides is 3. The minimum absolute atomic E-state index is 0.0319. The molecule has 3 atom stereocenters. The molecule has 3 aliphatic rings. The second-order valence-corrected chi connectivity index (χ2v) is 7.84. The molecule has 1 aliphatic carbocycles. The zero-order valence-electron chi connectivity index (χ0n) is 12.5. The van der Waals surface area contributed by atoms with Crippen molar-refractivity contribution in [1.82, 2.24) is 14.9 Å². The van der Waals surface area contributed by atoms with Crippen molar-refractivity contribution in [1.29, 1.82) is 0 Å². The summed E-state index contributed by atoms with van der Waals surface area (Å²) in [7, 11) is 0. The molecule has 1 aromatic carbocycles. The molecule has 9 heteroatoms. The molecule has 4 nitrogen and oxygen atoms in total. The molecule has 1 aromatic rings. The van der Waals surface area contributed by atoms with Crippen LogP contribution in [0.1, 0.15) is 12.0 Å². The van der Waals surface area contributed by atoms with E-state index >= 15 is 0 Å². The van der Waals surface area contributed by atoms with Gasteiger partial charge in [0.25, 0.3) is 0 Å². The van der Waals surface area contributed by atoms with Crippen LogP contribution in [0.3, 0.4) is 0 Å². The van der Waals surface area contributed by atoms with Gasteiger partial charge in [0.1, 0.15) is 0 Å². The summed E-state index contributed by atoms with van der Waals surface area (Å²) in [5.74, 6) is -0.0319. The quantitative estimate of drug-likeness (QED) is 0.791. The van der Waals surface area contributed by atoms with Crippen molar-refractivity contribution in [3.05, 3.63) is 28.8 Å². The van der Waals surface area contributed by atoms with Crippen LogP contribution in [0.25, 0.3) is 0 Å². The van der Waals surface area contributed by atoms with Gasteiger partial charge in [-0.15, -0.1) is 0 Å². The van der Waals surface area contributed by atoms with Gasteiger partial charge in [0.2, 0.25) is 5.91 Å². The number of nitrogens with zero attached hydrogens (tertiary/aromatic N) is 1. The fourth-order valence-electron chi connectivity index (χ4n) is 3.73. The SMILES string of the molecule is O=C(CNSc1cc(C(F)(F)F)ccc1Cl)N1CC23CC2NCC13. The molecule has 2 heterocycles. The van der Waals surface area contributed by atoms with Crippen molar-refractivity contribution >= 4 is 29.5 Å². The number of piperidine rings is 1. The third-order valence-electron chi connectivity index (χ3n) is 5.16. The third-order valence-corrected chi connectivity index (χ3v) is 6.45. The van der Waals surface area contributed by atoms with E-state index in [9.17, 15) is 18.0 Å². The van der Waals surface area contributed by atoms with Gasteiger partial charge in [-0.2, -0.15) is 13.2 Å². The summed E-state index contributed by atoms with van der Waals surface area (Å²) in [4.78, 5) is 14.3. The minimum atomic E-state index is -4.42. The van der Waals surface area contributed by atoms with Crippen LogP contribution in [0.4, 0.5) is 13.2 Å². The molecular weight excluding hydrogens is 363 g/mol. The Kier molecular flexibility index (Phi) is 3.80. The molecule has 2 aliphatic heterocycles. The predicted molar refractivity (Wildman–Crippen MR) is 84.7 cm³/mol.